The summed E-state index contributed by atoms with van der Waals surface area (Å²) in [5.74, 6) is 1.24. The van der Waals surface area contributed by atoms with Crippen LogP contribution < -0.4 is 47.9 Å². The van der Waals surface area contributed by atoms with Crippen molar-refractivity contribution < 1.29 is 28.8 Å². The molecule has 6 amide bonds. The molecule has 15 rings (SSSR count). The van der Waals surface area contributed by atoms with Gasteiger partial charge in [0, 0.05) is 95.9 Å². The van der Waals surface area contributed by atoms with Crippen molar-refractivity contribution in [1.82, 2.24) is 77.2 Å². The van der Waals surface area contributed by atoms with Crippen molar-refractivity contribution in [3.8, 4) is 33.8 Å². The number of nitrogens with zero attached hydrogens (tertiary/aromatic N) is 6. The van der Waals surface area contributed by atoms with E-state index >= 15 is 0 Å². The molecule has 21 nitrogen and oxygen atoms in total. The molecule has 9 N–H and O–H groups in total. The number of halogens is 3. The Balaban J connectivity index is 0.000000156. The fourth-order valence-corrected chi connectivity index (χ4v) is 21.2. The maximum Gasteiger partial charge on any atom is 0.272 e. The summed E-state index contributed by atoms with van der Waals surface area (Å²) in [6.45, 7) is 35.5. The highest BCUT2D eigenvalue weighted by Gasteiger charge is 2.62. The van der Waals surface area contributed by atoms with Crippen LogP contribution in [0.2, 0.25) is 15.1 Å². The number of fused-ring (bicyclic) bond motifs is 6. The van der Waals surface area contributed by atoms with Crippen LogP contribution in [-0.4, -0.2) is 103 Å². The lowest BCUT2D eigenvalue weighted by Gasteiger charge is -2.43. The zero-order valence-electron chi connectivity index (χ0n) is 72.3. The van der Waals surface area contributed by atoms with Gasteiger partial charge < -0.3 is 31.9 Å². The molecule has 6 saturated carbocycles. The largest absolute Gasteiger partial charge is 0.347 e. The summed E-state index contributed by atoms with van der Waals surface area (Å²) in [6, 6.07) is 48.5. The summed E-state index contributed by atoms with van der Waals surface area (Å²) >= 11 is 19.1. The zero-order valence-corrected chi connectivity index (χ0v) is 74.6. The first-order valence-electron chi connectivity index (χ1n) is 42.4. The summed E-state index contributed by atoms with van der Waals surface area (Å²) in [5.41, 5.74) is 16.6. The molecule has 6 aliphatic rings. The van der Waals surface area contributed by atoms with Gasteiger partial charge in [0.05, 0.1) is 56.7 Å². The highest BCUT2D eigenvalue weighted by molar-refractivity contribution is 6.32. The Morgan fingerprint density at radius 3 is 1.20 bits per heavy atom. The zero-order chi connectivity index (χ0) is 86.0. The second kappa shape index (κ2) is 36.3. The number of amides is 6. The van der Waals surface area contributed by atoms with Crippen molar-refractivity contribution in [3.05, 3.63) is 228 Å². The smallest absolute Gasteiger partial charge is 0.272 e. The Labute approximate surface area is 722 Å². The minimum Gasteiger partial charge on any atom is -0.347 e. The molecule has 120 heavy (non-hydrogen) atoms. The van der Waals surface area contributed by atoms with Crippen molar-refractivity contribution in [2.45, 2.75) is 219 Å². The molecular formula is C96H120Cl3N15O6. The first-order chi connectivity index (χ1) is 56.9. The van der Waals surface area contributed by atoms with Crippen molar-refractivity contribution in [2.24, 2.45) is 50.2 Å². The molecule has 24 heteroatoms. The van der Waals surface area contributed by atoms with Gasteiger partial charge in [0.1, 0.15) is 0 Å². The van der Waals surface area contributed by atoms with Gasteiger partial charge >= 0.3 is 0 Å². The molecule has 6 bridgehead atoms. The second-order valence-electron chi connectivity index (χ2n) is 37.5. The molecule has 3 heterocycles. The first-order valence-corrected chi connectivity index (χ1v) is 43.6. The molecule has 0 aliphatic heterocycles. The highest BCUT2D eigenvalue weighted by Crippen LogP contribution is 2.65. The number of benzene rings is 6. The molecule has 636 valence electrons. The minimum absolute atomic E-state index is 0.0238. The lowest BCUT2D eigenvalue weighted by molar-refractivity contribution is -0.119. The average Bonchev–Trinajstić information content (AvgIpc) is 1.58. The molecule has 6 aromatic carbocycles. The van der Waals surface area contributed by atoms with Crippen LogP contribution in [0.4, 0.5) is 0 Å². The Morgan fingerprint density at radius 1 is 0.408 bits per heavy atom. The van der Waals surface area contributed by atoms with E-state index in [0.29, 0.717) is 103 Å². The van der Waals surface area contributed by atoms with Crippen LogP contribution in [0.15, 0.2) is 146 Å². The summed E-state index contributed by atoms with van der Waals surface area (Å²) < 4.78 is 5.74. The minimum atomic E-state index is -0.152. The van der Waals surface area contributed by atoms with Gasteiger partial charge in [0.15, 0.2) is 17.1 Å². The molecular weight excluding hydrogens is 1570 g/mol. The van der Waals surface area contributed by atoms with E-state index in [4.69, 9.17) is 50.1 Å². The van der Waals surface area contributed by atoms with Gasteiger partial charge in [-0.15, -0.1) is 0 Å². The van der Waals surface area contributed by atoms with Gasteiger partial charge in [-0.2, -0.15) is 15.3 Å². The van der Waals surface area contributed by atoms with Crippen molar-refractivity contribution >= 4 is 70.2 Å². The maximum atomic E-state index is 14.1. The number of carbonyl (C=O) groups is 6. The predicted molar refractivity (Wildman–Crippen MR) is 477 cm³/mol. The summed E-state index contributed by atoms with van der Waals surface area (Å²) in [5, 5.41) is 44.8. The van der Waals surface area contributed by atoms with Crippen LogP contribution in [0.1, 0.15) is 222 Å². The van der Waals surface area contributed by atoms with Crippen LogP contribution in [0.25, 0.3) is 33.8 Å². The topological polar surface area (TPSA) is 264 Å². The van der Waals surface area contributed by atoms with Crippen LogP contribution >= 0.6 is 34.8 Å². The summed E-state index contributed by atoms with van der Waals surface area (Å²) in [7, 11) is 0. The third-order valence-corrected chi connectivity index (χ3v) is 28.5. The summed E-state index contributed by atoms with van der Waals surface area (Å²) in [6.07, 6.45) is 10.6. The van der Waals surface area contributed by atoms with E-state index in [2.05, 4.69) is 197 Å². The predicted octanol–water partition coefficient (Wildman–Crippen LogP) is 17.1. The third kappa shape index (κ3) is 19.7. The number of aryl methyl sites for hydroxylation is 3. The fraction of sp³-hybridized carbons (Fsp3) is 0.469. The Morgan fingerprint density at radius 2 is 0.783 bits per heavy atom. The number of nitrogens with one attached hydrogen (secondary N) is 9. The Bertz CT molecular complexity index is 5230. The van der Waals surface area contributed by atoms with E-state index in [0.717, 1.165) is 98.4 Å². The van der Waals surface area contributed by atoms with Crippen molar-refractivity contribution in [3.63, 3.8) is 0 Å². The molecule has 0 spiro atoms. The highest BCUT2D eigenvalue weighted by atomic mass is 35.5. The van der Waals surface area contributed by atoms with Crippen LogP contribution in [-0.2, 0) is 53.7 Å². The molecule has 3 aromatic heterocycles. The molecule has 0 radical (unpaired) electrons. The molecule has 6 aliphatic carbocycles. The lowest BCUT2D eigenvalue weighted by Crippen LogP contribution is -2.52. The number of rotatable bonds is 27. The van der Waals surface area contributed by atoms with Crippen LogP contribution in [0.3, 0.4) is 0 Å². The van der Waals surface area contributed by atoms with Crippen molar-refractivity contribution in [1.29, 1.82) is 0 Å². The lowest BCUT2D eigenvalue weighted by atomic mass is 9.68. The normalized spacial score (nSPS) is 22.9. The SMILES string of the molecule is CC(=O)NCNCc1c(C(=O)NC2C3(C)CCC(C3)C2(C)C)nn(Cc2ccc(C)cc2)c1-c1ccc(Cl)cc1.CC(=O)NCNCc1cc(-c2cc(C(=O)NC3C4(C)CCC(C4)C3(C)C)nn2Cc2ccc(C)cc2)ccc1Cl.CC(=O)NCNCc1ccc(Cn2nc(C(=O)NC3C4(C)CCC(C4)C3(C)C)cc2-c2ccc(Cl)c(C)c2)cc1. The third-order valence-electron chi connectivity index (χ3n) is 27.4. The number of carbonyl (C=O) groups excluding carboxylic acids is 6. The van der Waals surface area contributed by atoms with Crippen LogP contribution in [0.5, 0.6) is 0 Å². The molecule has 9 atom stereocenters. The quantitative estimate of drug-likeness (QED) is 0.0172. The van der Waals surface area contributed by atoms with E-state index in [1.165, 1.54) is 64.0 Å². The van der Waals surface area contributed by atoms with Crippen LogP contribution in [0, 0.1) is 71.0 Å². The van der Waals surface area contributed by atoms with E-state index in [1.807, 2.05) is 93.8 Å². The van der Waals surface area contributed by atoms with E-state index in [-0.39, 0.29) is 92.7 Å². The van der Waals surface area contributed by atoms with E-state index in [1.54, 1.807) is 0 Å². The Hall–Kier alpha value is -9.48. The molecule has 9 aromatic rings. The van der Waals surface area contributed by atoms with Gasteiger partial charge in [-0.1, -0.05) is 205 Å². The van der Waals surface area contributed by atoms with Gasteiger partial charge in [-0.3, -0.25) is 58.8 Å². The van der Waals surface area contributed by atoms with Crippen molar-refractivity contribution in [2.75, 3.05) is 20.0 Å². The Kier molecular flexibility index (Phi) is 26.7. The van der Waals surface area contributed by atoms with Gasteiger partial charge in [-0.05, 0) is 211 Å². The first kappa shape index (κ1) is 88.3. The standard InChI is InChI=1S/3C32H40ClN5O2/c1-20-6-8-22(9-7-20)18-38-28(23-10-12-25(33)13-11-23)26(17-34-19-35-21(2)39)27(37-38)29(40)36-30-31(3,4)24-14-15-32(30,5)16-24;1-20-14-24(10-11-26(20)33)28-15-27(29(40)36-30-31(3,4)25-12-13-32(30,5)16-25)37-38(28)18-23-8-6-22(7-9-23)17-34-19-35-21(2)39;1-20-6-8-22(9-7-20)18-38-28(23-10-11-26(33)24(14-23)17-34-19-35-21(2)39)15-27(37-38)29(40)36-30-31(3,4)25-12-13-32(30,5)16-25/h6-13,24,30,34H,14-19H2,1-5H3,(H,35,39)(H,36,40);2*6-11,14-15,25,30,34H,12-13,16-19H2,1-5H3,(H,35,39)(H,36,40). The average molecular weight is 1690 g/mol. The van der Waals surface area contributed by atoms with Gasteiger partial charge in [0.2, 0.25) is 17.7 Å². The number of hydrogen-bond acceptors (Lipinski definition) is 12. The number of hydrogen-bond donors (Lipinski definition) is 9. The number of aromatic nitrogens is 6. The maximum absolute atomic E-state index is 14.1. The summed E-state index contributed by atoms with van der Waals surface area (Å²) in [4.78, 5) is 75.2. The van der Waals surface area contributed by atoms with E-state index < -0.39 is 0 Å². The van der Waals surface area contributed by atoms with Gasteiger partial charge in [0.25, 0.3) is 17.7 Å². The molecule has 6 fully saturated rings. The molecule has 9 unspecified atom stereocenters. The fourth-order valence-electron chi connectivity index (χ4n) is 20.7. The monoisotopic (exact) mass is 1680 g/mol. The second-order valence-corrected chi connectivity index (χ2v) is 38.8. The van der Waals surface area contributed by atoms with E-state index in [9.17, 15) is 28.8 Å². The van der Waals surface area contributed by atoms with Gasteiger partial charge in [-0.25, -0.2) is 0 Å². The molecule has 0 saturated heterocycles.